The fourth-order valence-electron chi connectivity index (χ4n) is 1.16. The van der Waals surface area contributed by atoms with Crippen molar-refractivity contribution in [2.24, 2.45) is 10.9 Å². The van der Waals surface area contributed by atoms with E-state index < -0.39 is 11.8 Å². The van der Waals surface area contributed by atoms with Crippen molar-refractivity contribution in [3.63, 3.8) is 0 Å². The van der Waals surface area contributed by atoms with E-state index in [2.05, 4.69) is 15.6 Å². The Bertz CT molecular complexity index is 270. The summed E-state index contributed by atoms with van der Waals surface area (Å²) in [5, 5.41) is 13.4. The van der Waals surface area contributed by atoms with Gasteiger partial charge in [0.25, 0.3) is 0 Å². The van der Waals surface area contributed by atoms with Crippen LogP contribution in [0.15, 0.2) is 4.99 Å². The van der Waals surface area contributed by atoms with Crippen molar-refractivity contribution in [1.82, 2.24) is 10.6 Å². The SMILES string of the molecule is CC(CO)CCCN=C1NC(=O)C(=O)N1. The maximum Gasteiger partial charge on any atom is 0.316 e. The van der Waals surface area contributed by atoms with Crippen LogP contribution in [0.3, 0.4) is 0 Å². The van der Waals surface area contributed by atoms with Gasteiger partial charge in [0.05, 0.1) is 0 Å². The van der Waals surface area contributed by atoms with Crippen LogP contribution in [0, 0.1) is 5.92 Å². The number of carbonyl (C=O) groups is 2. The predicted molar refractivity (Wildman–Crippen MR) is 54.1 cm³/mol. The van der Waals surface area contributed by atoms with Crippen LogP contribution >= 0.6 is 0 Å². The van der Waals surface area contributed by atoms with Crippen LogP contribution in [-0.4, -0.2) is 36.0 Å². The zero-order valence-electron chi connectivity index (χ0n) is 8.62. The minimum absolute atomic E-state index is 0.171. The Morgan fingerprint density at radius 2 is 1.93 bits per heavy atom. The van der Waals surface area contributed by atoms with Crippen molar-refractivity contribution in [3.8, 4) is 0 Å². The van der Waals surface area contributed by atoms with E-state index in [4.69, 9.17) is 5.11 Å². The molecule has 0 spiro atoms. The van der Waals surface area contributed by atoms with E-state index in [1.807, 2.05) is 6.92 Å². The molecule has 3 N–H and O–H groups in total. The van der Waals surface area contributed by atoms with Gasteiger partial charge in [0.15, 0.2) is 0 Å². The average molecular weight is 213 g/mol. The van der Waals surface area contributed by atoms with Gasteiger partial charge < -0.3 is 5.11 Å². The third-order valence-corrected chi connectivity index (χ3v) is 2.11. The second-order valence-corrected chi connectivity index (χ2v) is 3.57. The standard InChI is InChI=1S/C9H15N3O3/c1-6(5-13)3-2-4-10-9-11-7(14)8(15)12-9/h6,13H,2-5H2,1H3,(H2,10,11,12,14,15). The van der Waals surface area contributed by atoms with Crippen molar-refractivity contribution in [2.75, 3.05) is 13.2 Å². The molecule has 1 fully saturated rings. The van der Waals surface area contributed by atoms with Crippen LogP contribution in [0.5, 0.6) is 0 Å². The number of hydrogen-bond donors (Lipinski definition) is 3. The first-order valence-electron chi connectivity index (χ1n) is 4.91. The highest BCUT2D eigenvalue weighted by Crippen LogP contribution is 2.03. The molecule has 6 heteroatoms. The van der Waals surface area contributed by atoms with Gasteiger partial charge in [-0.15, -0.1) is 0 Å². The molecule has 84 valence electrons. The van der Waals surface area contributed by atoms with Gasteiger partial charge in [-0.25, -0.2) is 0 Å². The number of amides is 2. The van der Waals surface area contributed by atoms with Gasteiger partial charge in [0.1, 0.15) is 0 Å². The zero-order chi connectivity index (χ0) is 11.3. The first kappa shape index (κ1) is 11.6. The minimum Gasteiger partial charge on any atom is -0.396 e. The smallest absolute Gasteiger partial charge is 0.316 e. The minimum atomic E-state index is -0.669. The third-order valence-electron chi connectivity index (χ3n) is 2.11. The summed E-state index contributed by atoms with van der Waals surface area (Å²) >= 11 is 0. The lowest BCUT2D eigenvalue weighted by atomic mass is 10.1. The Morgan fingerprint density at radius 3 is 2.47 bits per heavy atom. The fourth-order valence-corrected chi connectivity index (χ4v) is 1.16. The number of nitrogens with zero attached hydrogens (tertiary/aromatic N) is 1. The zero-order valence-corrected chi connectivity index (χ0v) is 8.62. The molecule has 0 aromatic carbocycles. The lowest BCUT2D eigenvalue weighted by molar-refractivity contribution is -0.135. The number of aliphatic hydroxyl groups excluding tert-OH is 1. The Kier molecular flexibility index (Phi) is 4.23. The number of hydrogen-bond acceptors (Lipinski definition) is 4. The molecule has 15 heavy (non-hydrogen) atoms. The van der Waals surface area contributed by atoms with Crippen LogP contribution in [0.25, 0.3) is 0 Å². The summed E-state index contributed by atoms with van der Waals surface area (Å²) in [5.74, 6) is -0.852. The molecule has 0 aliphatic carbocycles. The van der Waals surface area contributed by atoms with Crippen molar-refractivity contribution >= 4 is 17.8 Å². The van der Waals surface area contributed by atoms with Crippen LogP contribution in [0.1, 0.15) is 19.8 Å². The summed E-state index contributed by atoms with van der Waals surface area (Å²) in [6, 6.07) is 0. The first-order chi connectivity index (χ1) is 7.13. The number of aliphatic imine (C=N–C) groups is 1. The van der Waals surface area contributed by atoms with Crippen molar-refractivity contribution in [3.05, 3.63) is 0 Å². The maximum atomic E-state index is 10.7. The molecule has 0 aromatic heterocycles. The largest absolute Gasteiger partial charge is 0.396 e. The Hall–Kier alpha value is -1.43. The highest BCUT2D eigenvalue weighted by Gasteiger charge is 2.24. The molecular formula is C9H15N3O3. The summed E-state index contributed by atoms with van der Waals surface area (Å²) < 4.78 is 0. The monoisotopic (exact) mass is 213 g/mol. The molecule has 1 saturated heterocycles. The number of nitrogens with one attached hydrogen (secondary N) is 2. The van der Waals surface area contributed by atoms with Crippen LogP contribution in [0.2, 0.25) is 0 Å². The van der Waals surface area contributed by atoms with E-state index in [0.717, 1.165) is 12.8 Å². The van der Waals surface area contributed by atoms with Crippen molar-refractivity contribution < 1.29 is 14.7 Å². The molecule has 1 atom stereocenters. The summed E-state index contributed by atoms with van der Waals surface area (Å²) in [5.41, 5.74) is 0. The molecule has 0 saturated carbocycles. The summed E-state index contributed by atoms with van der Waals surface area (Å²) in [6.45, 7) is 2.65. The molecule has 6 nitrogen and oxygen atoms in total. The Balaban J connectivity index is 2.22. The topological polar surface area (TPSA) is 90.8 Å². The van der Waals surface area contributed by atoms with E-state index in [0.29, 0.717) is 6.54 Å². The van der Waals surface area contributed by atoms with Crippen molar-refractivity contribution in [2.45, 2.75) is 19.8 Å². The van der Waals surface area contributed by atoms with Crippen molar-refractivity contribution in [1.29, 1.82) is 0 Å². The van der Waals surface area contributed by atoms with Gasteiger partial charge in [0, 0.05) is 13.2 Å². The lowest BCUT2D eigenvalue weighted by Gasteiger charge is -2.04. The summed E-state index contributed by atoms with van der Waals surface area (Å²) in [7, 11) is 0. The first-order valence-corrected chi connectivity index (χ1v) is 4.91. The van der Waals surface area contributed by atoms with E-state index in [-0.39, 0.29) is 18.5 Å². The second-order valence-electron chi connectivity index (χ2n) is 3.57. The molecule has 1 aliphatic rings. The van der Waals surface area contributed by atoms with Gasteiger partial charge in [-0.05, 0) is 18.8 Å². The van der Waals surface area contributed by atoms with Gasteiger partial charge in [-0.2, -0.15) is 0 Å². The van der Waals surface area contributed by atoms with Gasteiger partial charge in [-0.1, -0.05) is 6.92 Å². The molecule has 1 rings (SSSR count). The van der Waals surface area contributed by atoms with Gasteiger partial charge in [0.2, 0.25) is 5.96 Å². The van der Waals surface area contributed by atoms with E-state index in [1.165, 1.54) is 0 Å². The average Bonchev–Trinajstić information content (AvgIpc) is 2.53. The van der Waals surface area contributed by atoms with Crippen LogP contribution in [-0.2, 0) is 9.59 Å². The van der Waals surface area contributed by atoms with E-state index in [9.17, 15) is 9.59 Å². The van der Waals surface area contributed by atoms with Crippen LogP contribution < -0.4 is 10.6 Å². The quantitative estimate of drug-likeness (QED) is 0.404. The van der Waals surface area contributed by atoms with Gasteiger partial charge >= 0.3 is 11.8 Å². The number of carbonyl (C=O) groups excluding carboxylic acids is 2. The Labute approximate surface area is 87.8 Å². The number of aliphatic hydroxyl groups is 1. The molecule has 2 amide bonds. The summed E-state index contributed by atoms with van der Waals surface area (Å²) in [4.78, 5) is 25.5. The molecule has 0 bridgehead atoms. The fraction of sp³-hybridized carbons (Fsp3) is 0.667. The second kappa shape index (κ2) is 5.45. The highest BCUT2D eigenvalue weighted by molar-refractivity contribution is 6.45. The number of rotatable bonds is 5. The molecule has 1 heterocycles. The highest BCUT2D eigenvalue weighted by atomic mass is 16.3. The van der Waals surface area contributed by atoms with E-state index in [1.54, 1.807) is 0 Å². The van der Waals surface area contributed by atoms with Gasteiger partial charge in [-0.3, -0.25) is 25.2 Å². The molecule has 0 radical (unpaired) electrons. The van der Waals surface area contributed by atoms with Crippen LogP contribution in [0.4, 0.5) is 0 Å². The Morgan fingerprint density at radius 1 is 1.33 bits per heavy atom. The summed E-state index contributed by atoms with van der Waals surface area (Å²) in [6.07, 6.45) is 1.69. The molecule has 0 aromatic rings. The molecule has 1 aliphatic heterocycles. The number of guanidine groups is 1. The third kappa shape index (κ3) is 3.67. The molecule has 1 unspecified atom stereocenters. The normalized spacial score (nSPS) is 17.3. The maximum absolute atomic E-state index is 10.7. The predicted octanol–water partition coefficient (Wildman–Crippen LogP) is -1.00. The lowest BCUT2D eigenvalue weighted by Crippen LogP contribution is -2.25. The molecular weight excluding hydrogens is 198 g/mol. The van der Waals surface area contributed by atoms with E-state index >= 15 is 0 Å².